The van der Waals surface area contributed by atoms with Crippen LogP contribution in [0.1, 0.15) is 10.4 Å². The molecule has 0 saturated carbocycles. The van der Waals surface area contributed by atoms with E-state index in [4.69, 9.17) is 20.4 Å². The molecular formula is C29H17ClN2O4. The lowest BCUT2D eigenvalue weighted by Crippen LogP contribution is -2.11. The number of hydrogen-bond acceptors (Lipinski definition) is 5. The fourth-order valence-electron chi connectivity index (χ4n) is 3.99. The van der Waals surface area contributed by atoms with Crippen molar-refractivity contribution < 1.29 is 13.6 Å². The van der Waals surface area contributed by atoms with Crippen LogP contribution in [-0.4, -0.2) is 10.9 Å². The van der Waals surface area contributed by atoms with Gasteiger partial charge in [0, 0.05) is 27.2 Å². The van der Waals surface area contributed by atoms with Crippen molar-refractivity contribution in [1.29, 1.82) is 0 Å². The molecule has 6 nitrogen and oxygen atoms in total. The standard InChI is InChI=1S/C29H17ClN2O4/c30-21-11-9-19(10-12-21)28-32-24-16-22(13-14-26(24)35-28)31-27(33)18-7-5-17(6-8-18)23-15-20-3-1-2-4-25(20)36-29(23)34/h1-16H,(H,31,33). The number of carbonyl (C=O) groups is 1. The number of aromatic nitrogens is 1. The topological polar surface area (TPSA) is 85.3 Å². The molecule has 0 fully saturated rings. The lowest BCUT2D eigenvalue weighted by atomic mass is 10.0. The summed E-state index contributed by atoms with van der Waals surface area (Å²) in [4.78, 5) is 29.8. The van der Waals surface area contributed by atoms with Gasteiger partial charge >= 0.3 is 5.63 Å². The minimum absolute atomic E-state index is 0.284. The average Bonchev–Trinajstić information content (AvgIpc) is 3.32. The van der Waals surface area contributed by atoms with Gasteiger partial charge in [0.15, 0.2) is 5.58 Å². The largest absolute Gasteiger partial charge is 0.436 e. The highest BCUT2D eigenvalue weighted by Gasteiger charge is 2.13. The molecule has 0 radical (unpaired) electrons. The van der Waals surface area contributed by atoms with Gasteiger partial charge < -0.3 is 14.2 Å². The Morgan fingerprint density at radius 2 is 1.53 bits per heavy atom. The molecule has 1 amide bonds. The third-order valence-corrected chi connectivity index (χ3v) is 6.09. The van der Waals surface area contributed by atoms with Gasteiger partial charge in [-0.15, -0.1) is 0 Å². The van der Waals surface area contributed by atoms with E-state index < -0.39 is 5.63 Å². The van der Waals surface area contributed by atoms with Crippen molar-refractivity contribution in [2.24, 2.45) is 0 Å². The highest BCUT2D eigenvalue weighted by Crippen LogP contribution is 2.27. The first-order valence-corrected chi connectivity index (χ1v) is 11.5. The Labute approximate surface area is 209 Å². The Balaban J connectivity index is 1.22. The minimum Gasteiger partial charge on any atom is -0.436 e. The molecule has 0 spiro atoms. The molecule has 0 bridgehead atoms. The lowest BCUT2D eigenvalue weighted by molar-refractivity contribution is 0.102. The highest BCUT2D eigenvalue weighted by molar-refractivity contribution is 6.30. The predicted molar refractivity (Wildman–Crippen MR) is 140 cm³/mol. The van der Waals surface area contributed by atoms with Crippen LogP contribution < -0.4 is 10.9 Å². The van der Waals surface area contributed by atoms with Crippen LogP contribution in [0.3, 0.4) is 0 Å². The second kappa shape index (κ2) is 8.83. The Hall–Kier alpha value is -4.68. The molecule has 0 unspecified atom stereocenters. The molecule has 0 aliphatic carbocycles. The summed E-state index contributed by atoms with van der Waals surface area (Å²) in [6.45, 7) is 0. The summed E-state index contributed by atoms with van der Waals surface area (Å²) >= 11 is 5.96. The van der Waals surface area contributed by atoms with Gasteiger partial charge in [-0.2, -0.15) is 0 Å². The Morgan fingerprint density at radius 1 is 0.778 bits per heavy atom. The van der Waals surface area contributed by atoms with Crippen molar-refractivity contribution in [2.75, 3.05) is 5.32 Å². The molecule has 174 valence electrons. The molecule has 2 aromatic heterocycles. The van der Waals surface area contributed by atoms with E-state index in [0.717, 1.165) is 10.9 Å². The quantitative estimate of drug-likeness (QED) is 0.263. The van der Waals surface area contributed by atoms with Gasteiger partial charge in [-0.1, -0.05) is 41.9 Å². The molecule has 4 aromatic carbocycles. The van der Waals surface area contributed by atoms with E-state index in [2.05, 4.69) is 10.3 Å². The van der Waals surface area contributed by atoms with Gasteiger partial charge in [-0.05, 0) is 72.3 Å². The number of halogens is 1. The number of carbonyl (C=O) groups excluding carboxylic acids is 1. The van der Waals surface area contributed by atoms with Crippen LogP contribution in [0.2, 0.25) is 5.02 Å². The molecule has 1 N–H and O–H groups in total. The number of para-hydroxylation sites is 1. The van der Waals surface area contributed by atoms with Crippen LogP contribution in [0, 0.1) is 0 Å². The third kappa shape index (κ3) is 4.15. The Kier molecular flexibility index (Phi) is 5.36. The number of nitrogens with one attached hydrogen (secondary N) is 1. The Bertz CT molecular complexity index is 1800. The summed E-state index contributed by atoms with van der Waals surface area (Å²) in [5.41, 5.74) is 4.29. The summed E-state index contributed by atoms with van der Waals surface area (Å²) in [5.74, 6) is 0.187. The average molecular weight is 493 g/mol. The Morgan fingerprint density at radius 3 is 2.33 bits per heavy atom. The summed E-state index contributed by atoms with van der Waals surface area (Å²) in [6.07, 6.45) is 0. The van der Waals surface area contributed by atoms with Crippen LogP contribution in [0.5, 0.6) is 0 Å². The highest BCUT2D eigenvalue weighted by atomic mass is 35.5. The van der Waals surface area contributed by atoms with Gasteiger partial charge in [0.25, 0.3) is 5.91 Å². The van der Waals surface area contributed by atoms with E-state index in [0.29, 0.717) is 50.0 Å². The molecule has 0 aliphatic rings. The monoisotopic (exact) mass is 492 g/mol. The second-order valence-corrected chi connectivity index (χ2v) is 8.66. The number of nitrogens with zero attached hydrogens (tertiary/aromatic N) is 1. The maximum absolute atomic E-state index is 12.9. The molecule has 6 rings (SSSR count). The van der Waals surface area contributed by atoms with Crippen molar-refractivity contribution in [3.05, 3.63) is 118 Å². The SMILES string of the molecule is O=C(Nc1ccc2oc(-c3ccc(Cl)cc3)nc2c1)c1ccc(-c2cc3ccccc3oc2=O)cc1. The molecule has 6 aromatic rings. The summed E-state index contributed by atoms with van der Waals surface area (Å²) in [6, 6.07) is 28.4. The zero-order chi connectivity index (χ0) is 24.6. The molecule has 0 aliphatic heterocycles. The molecule has 7 heteroatoms. The van der Waals surface area contributed by atoms with Crippen molar-refractivity contribution in [3.63, 3.8) is 0 Å². The summed E-state index contributed by atoms with van der Waals surface area (Å²) in [5, 5.41) is 4.35. The molecule has 0 atom stereocenters. The van der Waals surface area contributed by atoms with E-state index in [-0.39, 0.29) is 5.91 Å². The van der Waals surface area contributed by atoms with Crippen molar-refractivity contribution >= 4 is 45.3 Å². The van der Waals surface area contributed by atoms with Crippen LogP contribution >= 0.6 is 11.6 Å². The van der Waals surface area contributed by atoms with Crippen LogP contribution in [0.15, 0.2) is 111 Å². The normalized spacial score (nSPS) is 11.1. The lowest BCUT2D eigenvalue weighted by Gasteiger charge is -2.07. The first kappa shape index (κ1) is 21.8. The first-order chi connectivity index (χ1) is 17.5. The summed E-state index contributed by atoms with van der Waals surface area (Å²) in [7, 11) is 0. The zero-order valence-corrected chi connectivity index (χ0v) is 19.5. The number of hydrogen-bond donors (Lipinski definition) is 1. The van der Waals surface area contributed by atoms with Crippen LogP contribution in [0.25, 0.3) is 44.7 Å². The van der Waals surface area contributed by atoms with E-state index in [1.165, 1.54) is 0 Å². The predicted octanol–water partition coefficient (Wildman–Crippen LogP) is 7.17. The summed E-state index contributed by atoms with van der Waals surface area (Å²) < 4.78 is 11.2. The minimum atomic E-state index is -0.426. The molecule has 0 saturated heterocycles. The van der Waals surface area contributed by atoms with Crippen molar-refractivity contribution in [1.82, 2.24) is 4.98 Å². The smallest absolute Gasteiger partial charge is 0.344 e. The van der Waals surface area contributed by atoms with Crippen molar-refractivity contribution in [3.8, 4) is 22.6 Å². The number of fused-ring (bicyclic) bond motifs is 2. The van der Waals surface area contributed by atoms with Crippen LogP contribution in [-0.2, 0) is 0 Å². The van der Waals surface area contributed by atoms with E-state index in [9.17, 15) is 9.59 Å². The van der Waals surface area contributed by atoms with Crippen LogP contribution in [0.4, 0.5) is 5.69 Å². The number of rotatable bonds is 4. The molecule has 36 heavy (non-hydrogen) atoms. The molecular weight excluding hydrogens is 476 g/mol. The van der Waals surface area contributed by atoms with E-state index >= 15 is 0 Å². The second-order valence-electron chi connectivity index (χ2n) is 8.23. The van der Waals surface area contributed by atoms with Crippen molar-refractivity contribution in [2.45, 2.75) is 0 Å². The maximum atomic E-state index is 12.9. The molecule has 2 heterocycles. The van der Waals surface area contributed by atoms with Gasteiger partial charge in [0.1, 0.15) is 11.1 Å². The fourth-order valence-corrected chi connectivity index (χ4v) is 4.11. The number of oxazole rings is 1. The third-order valence-electron chi connectivity index (χ3n) is 5.84. The fraction of sp³-hybridized carbons (Fsp3) is 0. The number of benzene rings is 4. The van der Waals surface area contributed by atoms with Gasteiger partial charge in [-0.3, -0.25) is 4.79 Å². The number of amides is 1. The van der Waals surface area contributed by atoms with E-state index in [1.807, 2.05) is 30.3 Å². The van der Waals surface area contributed by atoms with Gasteiger partial charge in [0.2, 0.25) is 5.89 Å². The van der Waals surface area contributed by atoms with Gasteiger partial charge in [0.05, 0.1) is 5.56 Å². The maximum Gasteiger partial charge on any atom is 0.344 e. The number of anilines is 1. The zero-order valence-electron chi connectivity index (χ0n) is 18.7. The van der Waals surface area contributed by atoms with Gasteiger partial charge in [-0.25, -0.2) is 9.78 Å². The van der Waals surface area contributed by atoms with E-state index in [1.54, 1.807) is 66.7 Å². The first-order valence-electron chi connectivity index (χ1n) is 11.1.